The lowest BCUT2D eigenvalue weighted by Crippen LogP contribution is -2.37. The molecule has 0 unspecified atom stereocenters. The van der Waals surface area contributed by atoms with Crippen LogP contribution in [-0.4, -0.2) is 5.78 Å². The van der Waals surface area contributed by atoms with Crippen molar-refractivity contribution in [3.63, 3.8) is 0 Å². The first kappa shape index (κ1) is 12.2. The molecule has 2 aliphatic rings. The van der Waals surface area contributed by atoms with Gasteiger partial charge >= 0.3 is 0 Å². The van der Waals surface area contributed by atoms with Crippen LogP contribution < -0.4 is 0 Å². The normalized spacial score (nSPS) is 25.1. The van der Waals surface area contributed by atoms with E-state index < -0.39 is 0 Å². The fraction of sp³-hybridized carbons (Fsp3) is 0.412. The van der Waals surface area contributed by atoms with Crippen molar-refractivity contribution >= 4 is 5.78 Å². The van der Waals surface area contributed by atoms with Crippen molar-refractivity contribution < 1.29 is 4.79 Å². The second-order valence-corrected chi connectivity index (χ2v) is 5.57. The SMILES string of the molecule is CC[C@@]12CCC(=O)CC1=CCc1cc(C#N)ccc12. The summed E-state index contributed by atoms with van der Waals surface area (Å²) in [6.45, 7) is 2.21. The highest BCUT2D eigenvalue weighted by atomic mass is 16.1. The topological polar surface area (TPSA) is 40.9 Å². The molecule has 0 N–H and O–H groups in total. The summed E-state index contributed by atoms with van der Waals surface area (Å²) >= 11 is 0. The van der Waals surface area contributed by atoms with Gasteiger partial charge in [0.05, 0.1) is 11.6 Å². The predicted molar refractivity (Wildman–Crippen MR) is 73.8 cm³/mol. The molecular formula is C17H17NO. The molecule has 96 valence electrons. The van der Waals surface area contributed by atoms with Crippen molar-refractivity contribution in [3.05, 3.63) is 46.5 Å². The van der Waals surface area contributed by atoms with Crippen molar-refractivity contribution in [2.24, 2.45) is 0 Å². The van der Waals surface area contributed by atoms with Crippen LogP contribution in [0.2, 0.25) is 0 Å². The van der Waals surface area contributed by atoms with E-state index in [0.717, 1.165) is 24.8 Å². The number of hydrogen-bond donors (Lipinski definition) is 0. The van der Waals surface area contributed by atoms with Gasteiger partial charge in [-0.05, 0) is 42.5 Å². The van der Waals surface area contributed by atoms with Gasteiger partial charge in [-0.1, -0.05) is 24.6 Å². The number of rotatable bonds is 1. The standard InChI is InChI=1S/C17H17NO/c1-2-17-8-7-15(19)10-14(17)5-4-13-9-12(11-18)3-6-16(13)17/h3,5-6,9H,2,4,7-8,10H2,1H3/t17-/m1/s1. The second kappa shape index (κ2) is 4.35. The van der Waals surface area contributed by atoms with Gasteiger partial charge in [0.2, 0.25) is 0 Å². The Morgan fingerprint density at radius 3 is 3.00 bits per heavy atom. The van der Waals surface area contributed by atoms with E-state index in [1.807, 2.05) is 12.1 Å². The van der Waals surface area contributed by atoms with E-state index in [0.29, 0.717) is 18.6 Å². The summed E-state index contributed by atoms with van der Waals surface area (Å²) in [5.74, 6) is 0.368. The van der Waals surface area contributed by atoms with Crippen molar-refractivity contribution in [1.82, 2.24) is 0 Å². The molecule has 2 aliphatic carbocycles. The number of carbonyl (C=O) groups is 1. The van der Waals surface area contributed by atoms with Crippen molar-refractivity contribution in [1.29, 1.82) is 5.26 Å². The molecule has 0 heterocycles. The third-order valence-electron chi connectivity index (χ3n) is 4.75. The van der Waals surface area contributed by atoms with Crippen molar-refractivity contribution in [2.45, 2.75) is 44.4 Å². The predicted octanol–water partition coefficient (Wildman–Crippen LogP) is 3.44. The summed E-state index contributed by atoms with van der Waals surface area (Å²) in [5.41, 5.74) is 4.70. The number of nitrogens with zero attached hydrogens (tertiary/aromatic N) is 1. The van der Waals surface area contributed by atoms with Crippen LogP contribution in [0.15, 0.2) is 29.8 Å². The van der Waals surface area contributed by atoms with Gasteiger partial charge in [0.15, 0.2) is 0 Å². The highest BCUT2D eigenvalue weighted by molar-refractivity contribution is 5.84. The Hall–Kier alpha value is -1.88. The summed E-state index contributed by atoms with van der Waals surface area (Å²) < 4.78 is 0. The molecule has 0 saturated heterocycles. The third-order valence-corrected chi connectivity index (χ3v) is 4.75. The Labute approximate surface area is 113 Å². The largest absolute Gasteiger partial charge is 0.299 e. The summed E-state index contributed by atoms with van der Waals surface area (Å²) in [4.78, 5) is 11.7. The molecule has 3 rings (SSSR count). The second-order valence-electron chi connectivity index (χ2n) is 5.57. The number of benzene rings is 1. The fourth-order valence-electron chi connectivity index (χ4n) is 3.69. The maximum atomic E-state index is 11.7. The molecule has 0 radical (unpaired) electrons. The first-order valence-electron chi connectivity index (χ1n) is 6.94. The van der Waals surface area contributed by atoms with Crippen molar-refractivity contribution in [3.8, 4) is 6.07 Å². The molecule has 2 heteroatoms. The maximum Gasteiger partial charge on any atom is 0.137 e. The van der Waals surface area contributed by atoms with E-state index >= 15 is 0 Å². The maximum absolute atomic E-state index is 11.7. The summed E-state index contributed by atoms with van der Waals surface area (Å²) in [5, 5.41) is 9.02. The summed E-state index contributed by atoms with van der Waals surface area (Å²) in [7, 11) is 0. The zero-order valence-electron chi connectivity index (χ0n) is 11.2. The molecule has 1 saturated carbocycles. The molecule has 1 fully saturated rings. The third kappa shape index (κ3) is 1.73. The Morgan fingerprint density at radius 2 is 2.26 bits per heavy atom. The van der Waals surface area contributed by atoms with Crippen LogP contribution in [0.1, 0.15) is 49.3 Å². The quantitative estimate of drug-likeness (QED) is 0.717. The van der Waals surface area contributed by atoms with E-state index in [1.165, 1.54) is 16.7 Å². The average molecular weight is 251 g/mol. The van der Waals surface area contributed by atoms with Gasteiger partial charge in [0.25, 0.3) is 0 Å². The van der Waals surface area contributed by atoms with E-state index in [-0.39, 0.29) is 5.41 Å². The van der Waals surface area contributed by atoms with Gasteiger partial charge < -0.3 is 0 Å². The molecule has 19 heavy (non-hydrogen) atoms. The molecule has 1 aromatic carbocycles. The van der Waals surface area contributed by atoms with Crippen LogP contribution >= 0.6 is 0 Å². The zero-order chi connectivity index (χ0) is 13.5. The number of hydrogen-bond acceptors (Lipinski definition) is 2. The lowest BCUT2D eigenvalue weighted by molar-refractivity contribution is -0.119. The summed E-state index contributed by atoms with van der Waals surface area (Å²) in [6.07, 6.45) is 6.34. The zero-order valence-corrected chi connectivity index (χ0v) is 11.2. The van der Waals surface area contributed by atoms with Crippen LogP contribution in [0.3, 0.4) is 0 Å². The molecule has 1 atom stereocenters. The van der Waals surface area contributed by atoms with Crippen LogP contribution in [0.4, 0.5) is 0 Å². The van der Waals surface area contributed by atoms with E-state index in [2.05, 4.69) is 25.1 Å². The number of allylic oxidation sites excluding steroid dienone is 2. The van der Waals surface area contributed by atoms with E-state index in [4.69, 9.17) is 5.26 Å². The smallest absolute Gasteiger partial charge is 0.137 e. The van der Waals surface area contributed by atoms with Crippen LogP contribution in [0.25, 0.3) is 0 Å². The number of fused-ring (bicyclic) bond motifs is 3. The van der Waals surface area contributed by atoms with Gasteiger partial charge in [0, 0.05) is 18.3 Å². The molecule has 0 aliphatic heterocycles. The number of nitriles is 1. The van der Waals surface area contributed by atoms with Crippen LogP contribution in [-0.2, 0) is 16.6 Å². The molecular weight excluding hydrogens is 234 g/mol. The Balaban J connectivity index is 2.14. The lowest BCUT2D eigenvalue weighted by Gasteiger charge is -2.43. The van der Waals surface area contributed by atoms with Gasteiger partial charge in [-0.3, -0.25) is 4.79 Å². The molecule has 0 spiro atoms. The average Bonchev–Trinajstić information content (AvgIpc) is 2.46. The fourth-order valence-corrected chi connectivity index (χ4v) is 3.69. The molecule has 0 bridgehead atoms. The highest BCUT2D eigenvalue weighted by Gasteiger charge is 2.41. The Kier molecular flexibility index (Phi) is 2.78. The van der Waals surface area contributed by atoms with Crippen LogP contribution in [0.5, 0.6) is 0 Å². The van der Waals surface area contributed by atoms with Gasteiger partial charge in [-0.25, -0.2) is 0 Å². The molecule has 0 amide bonds. The monoisotopic (exact) mass is 251 g/mol. The summed E-state index contributed by atoms with van der Waals surface area (Å²) in [6, 6.07) is 8.25. The number of carbonyl (C=O) groups excluding carboxylic acids is 1. The van der Waals surface area contributed by atoms with E-state index in [9.17, 15) is 4.79 Å². The molecule has 0 aromatic heterocycles. The van der Waals surface area contributed by atoms with E-state index in [1.54, 1.807) is 0 Å². The minimum absolute atomic E-state index is 0.0511. The number of Topliss-reactive ketones (excluding diaryl/α,β-unsaturated/α-hetero) is 1. The Morgan fingerprint density at radius 1 is 1.42 bits per heavy atom. The highest BCUT2D eigenvalue weighted by Crippen LogP contribution is 2.48. The first-order valence-corrected chi connectivity index (χ1v) is 6.94. The van der Waals surface area contributed by atoms with Gasteiger partial charge in [0.1, 0.15) is 5.78 Å². The van der Waals surface area contributed by atoms with Gasteiger partial charge in [-0.2, -0.15) is 5.26 Å². The number of ketones is 1. The Bertz CT molecular complexity index is 621. The minimum atomic E-state index is 0.0511. The van der Waals surface area contributed by atoms with Gasteiger partial charge in [-0.15, -0.1) is 0 Å². The minimum Gasteiger partial charge on any atom is -0.299 e. The van der Waals surface area contributed by atoms with Crippen LogP contribution in [0, 0.1) is 11.3 Å². The lowest BCUT2D eigenvalue weighted by atomic mass is 9.60. The van der Waals surface area contributed by atoms with Crippen molar-refractivity contribution in [2.75, 3.05) is 0 Å². The first-order chi connectivity index (χ1) is 9.19. The molecule has 2 nitrogen and oxygen atoms in total. The molecule has 1 aromatic rings.